The van der Waals surface area contributed by atoms with Crippen molar-refractivity contribution in [3.8, 4) is 5.75 Å². The first-order chi connectivity index (χ1) is 11.6. The number of amides is 1. The number of carbonyl (C=O) groups is 2. The largest absolute Gasteiger partial charge is 0.496 e. The standard InChI is InChI=1S/C19H21NO4/c1-3-12-24-19(22)14-8-10-16(11-9-14)20-18(21)13-15-6-4-5-7-17(15)23-2/h4-11H,3,12-13H2,1-2H3,(H,20,21). The summed E-state index contributed by atoms with van der Waals surface area (Å²) >= 11 is 0. The molecule has 1 amide bonds. The van der Waals surface area contributed by atoms with E-state index in [1.807, 2.05) is 31.2 Å². The van der Waals surface area contributed by atoms with Gasteiger partial charge >= 0.3 is 5.97 Å². The van der Waals surface area contributed by atoms with Crippen molar-refractivity contribution in [3.05, 3.63) is 59.7 Å². The van der Waals surface area contributed by atoms with Crippen LogP contribution in [0.1, 0.15) is 29.3 Å². The number of ether oxygens (including phenoxy) is 2. The van der Waals surface area contributed by atoms with Crippen molar-refractivity contribution in [2.24, 2.45) is 0 Å². The molecule has 0 spiro atoms. The Bertz CT molecular complexity index is 695. The van der Waals surface area contributed by atoms with E-state index in [-0.39, 0.29) is 18.3 Å². The van der Waals surface area contributed by atoms with Gasteiger partial charge in [0.2, 0.25) is 5.91 Å². The van der Waals surface area contributed by atoms with Crippen LogP contribution in [0, 0.1) is 0 Å². The lowest BCUT2D eigenvalue weighted by Gasteiger charge is -2.09. The van der Waals surface area contributed by atoms with E-state index in [9.17, 15) is 9.59 Å². The number of hydrogen-bond donors (Lipinski definition) is 1. The molecular weight excluding hydrogens is 306 g/mol. The van der Waals surface area contributed by atoms with E-state index >= 15 is 0 Å². The van der Waals surface area contributed by atoms with E-state index in [0.29, 0.717) is 23.6 Å². The fourth-order valence-electron chi connectivity index (χ4n) is 2.19. The van der Waals surface area contributed by atoms with Gasteiger partial charge in [0.1, 0.15) is 5.75 Å². The number of para-hydroxylation sites is 1. The average molecular weight is 327 g/mol. The van der Waals surface area contributed by atoms with Crippen LogP contribution in [0.3, 0.4) is 0 Å². The van der Waals surface area contributed by atoms with E-state index in [0.717, 1.165) is 12.0 Å². The zero-order valence-corrected chi connectivity index (χ0v) is 13.9. The Morgan fingerprint density at radius 1 is 1.04 bits per heavy atom. The maximum Gasteiger partial charge on any atom is 0.338 e. The fourth-order valence-corrected chi connectivity index (χ4v) is 2.19. The molecule has 0 unspecified atom stereocenters. The van der Waals surface area contributed by atoms with Crippen LogP contribution in [-0.2, 0) is 16.0 Å². The highest BCUT2D eigenvalue weighted by molar-refractivity contribution is 5.94. The Labute approximate surface area is 141 Å². The molecule has 2 aromatic rings. The third-order valence-corrected chi connectivity index (χ3v) is 3.39. The van der Waals surface area contributed by atoms with E-state index in [4.69, 9.17) is 9.47 Å². The maximum absolute atomic E-state index is 12.2. The summed E-state index contributed by atoms with van der Waals surface area (Å²) in [6.07, 6.45) is 0.993. The van der Waals surface area contributed by atoms with Gasteiger partial charge in [0, 0.05) is 11.3 Å². The molecule has 5 heteroatoms. The summed E-state index contributed by atoms with van der Waals surface area (Å²) in [6.45, 7) is 2.34. The quantitative estimate of drug-likeness (QED) is 0.791. The second-order valence-corrected chi connectivity index (χ2v) is 5.25. The molecule has 0 atom stereocenters. The topological polar surface area (TPSA) is 64.6 Å². The predicted molar refractivity (Wildman–Crippen MR) is 92.3 cm³/mol. The summed E-state index contributed by atoms with van der Waals surface area (Å²) in [5, 5.41) is 2.80. The van der Waals surface area contributed by atoms with Gasteiger partial charge in [0.05, 0.1) is 25.7 Å². The maximum atomic E-state index is 12.2. The second kappa shape index (κ2) is 8.72. The average Bonchev–Trinajstić information content (AvgIpc) is 2.60. The van der Waals surface area contributed by atoms with Crippen molar-refractivity contribution in [2.75, 3.05) is 19.0 Å². The van der Waals surface area contributed by atoms with Crippen molar-refractivity contribution < 1.29 is 19.1 Å². The number of carbonyl (C=O) groups excluding carboxylic acids is 2. The molecule has 2 rings (SSSR count). The molecule has 0 bridgehead atoms. The number of benzene rings is 2. The molecule has 0 heterocycles. The van der Waals surface area contributed by atoms with Crippen molar-refractivity contribution >= 4 is 17.6 Å². The summed E-state index contributed by atoms with van der Waals surface area (Å²) in [7, 11) is 1.58. The molecule has 0 aliphatic heterocycles. The van der Waals surface area contributed by atoms with Crippen molar-refractivity contribution in [1.29, 1.82) is 0 Å². The first kappa shape index (κ1) is 17.5. The molecule has 0 saturated heterocycles. The second-order valence-electron chi connectivity index (χ2n) is 5.25. The normalized spacial score (nSPS) is 10.1. The van der Waals surface area contributed by atoms with Gasteiger partial charge in [-0.3, -0.25) is 4.79 Å². The molecule has 24 heavy (non-hydrogen) atoms. The van der Waals surface area contributed by atoms with Crippen LogP contribution in [-0.4, -0.2) is 25.6 Å². The minimum Gasteiger partial charge on any atom is -0.496 e. The monoisotopic (exact) mass is 327 g/mol. The van der Waals surface area contributed by atoms with Crippen LogP contribution in [0.15, 0.2) is 48.5 Å². The minimum atomic E-state index is -0.358. The Morgan fingerprint density at radius 2 is 1.75 bits per heavy atom. The predicted octanol–water partition coefficient (Wildman–Crippen LogP) is 3.44. The van der Waals surface area contributed by atoms with Gasteiger partial charge in [0.15, 0.2) is 0 Å². The molecule has 1 N–H and O–H groups in total. The molecule has 0 aliphatic rings. The third kappa shape index (κ3) is 4.84. The van der Waals surface area contributed by atoms with E-state index in [1.54, 1.807) is 31.4 Å². The van der Waals surface area contributed by atoms with Gasteiger partial charge in [-0.05, 0) is 36.8 Å². The summed E-state index contributed by atoms with van der Waals surface area (Å²) in [6, 6.07) is 14.0. The van der Waals surface area contributed by atoms with Crippen molar-refractivity contribution in [1.82, 2.24) is 0 Å². The molecule has 0 fully saturated rings. The molecule has 0 radical (unpaired) electrons. The van der Waals surface area contributed by atoms with Gasteiger partial charge in [0.25, 0.3) is 0 Å². The van der Waals surface area contributed by atoms with Crippen LogP contribution < -0.4 is 10.1 Å². The molecular formula is C19H21NO4. The molecule has 0 aromatic heterocycles. The molecule has 0 aliphatic carbocycles. The zero-order valence-electron chi connectivity index (χ0n) is 13.9. The molecule has 126 valence electrons. The van der Waals surface area contributed by atoms with Crippen LogP contribution in [0.5, 0.6) is 5.75 Å². The highest BCUT2D eigenvalue weighted by Gasteiger charge is 2.10. The lowest BCUT2D eigenvalue weighted by Crippen LogP contribution is -2.15. The van der Waals surface area contributed by atoms with Crippen LogP contribution in [0.4, 0.5) is 5.69 Å². The van der Waals surface area contributed by atoms with E-state index in [1.165, 1.54) is 0 Å². The number of hydrogen-bond acceptors (Lipinski definition) is 4. The van der Waals surface area contributed by atoms with Crippen molar-refractivity contribution in [3.63, 3.8) is 0 Å². The number of esters is 1. The minimum absolute atomic E-state index is 0.152. The van der Waals surface area contributed by atoms with Gasteiger partial charge in [-0.25, -0.2) is 4.79 Å². The Balaban J connectivity index is 1.95. The fraction of sp³-hybridized carbons (Fsp3) is 0.263. The summed E-state index contributed by atoms with van der Waals surface area (Å²) < 4.78 is 10.3. The van der Waals surface area contributed by atoms with Crippen LogP contribution in [0.25, 0.3) is 0 Å². The smallest absolute Gasteiger partial charge is 0.338 e. The Hall–Kier alpha value is -2.82. The lowest BCUT2D eigenvalue weighted by molar-refractivity contribution is -0.115. The number of nitrogens with one attached hydrogen (secondary N) is 1. The highest BCUT2D eigenvalue weighted by atomic mass is 16.5. The Morgan fingerprint density at radius 3 is 2.42 bits per heavy atom. The summed E-state index contributed by atoms with van der Waals surface area (Å²) in [5.74, 6) is 0.172. The summed E-state index contributed by atoms with van der Waals surface area (Å²) in [5.41, 5.74) is 1.91. The van der Waals surface area contributed by atoms with Gasteiger partial charge < -0.3 is 14.8 Å². The lowest BCUT2D eigenvalue weighted by atomic mass is 10.1. The molecule has 0 saturated carbocycles. The van der Waals surface area contributed by atoms with Gasteiger partial charge in [-0.15, -0.1) is 0 Å². The van der Waals surface area contributed by atoms with Crippen LogP contribution in [0.2, 0.25) is 0 Å². The van der Waals surface area contributed by atoms with E-state index in [2.05, 4.69) is 5.32 Å². The summed E-state index contributed by atoms with van der Waals surface area (Å²) in [4.78, 5) is 23.9. The third-order valence-electron chi connectivity index (χ3n) is 3.39. The SMILES string of the molecule is CCCOC(=O)c1ccc(NC(=O)Cc2ccccc2OC)cc1. The zero-order chi connectivity index (χ0) is 17.4. The number of rotatable bonds is 7. The van der Waals surface area contributed by atoms with Crippen molar-refractivity contribution in [2.45, 2.75) is 19.8 Å². The number of anilines is 1. The van der Waals surface area contributed by atoms with E-state index < -0.39 is 0 Å². The van der Waals surface area contributed by atoms with Gasteiger partial charge in [-0.1, -0.05) is 25.1 Å². The first-order valence-corrected chi connectivity index (χ1v) is 7.83. The van der Waals surface area contributed by atoms with Crippen LogP contribution >= 0.6 is 0 Å². The number of methoxy groups -OCH3 is 1. The first-order valence-electron chi connectivity index (χ1n) is 7.83. The highest BCUT2D eigenvalue weighted by Crippen LogP contribution is 2.18. The Kier molecular flexibility index (Phi) is 6.37. The molecule has 2 aromatic carbocycles. The molecule has 5 nitrogen and oxygen atoms in total. The van der Waals surface area contributed by atoms with Gasteiger partial charge in [-0.2, -0.15) is 0 Å².